The molecule has 0 unspecified atom stereocenters. The summed E-state index contributed by atoms with van der Waals surface area (Å²) in [4.78, 5) is 12.5. The third-order valence-electron chi connectivity index (χ3n) is 2.61. The molecule has 6 nitrogen and oxygen atoms in total. The van der Waals surface area contributed by atoms with Gasteiger partial charge in [0, 0.05) is 6.20 Å². The first-order chi connectivity index (χ1) is 8.84. The summed E-state index contributed by atoms with van der Waals surface area (Å²) < 4.78 is 5.08. The largest absolute Gasteiger partial charge is 0.364 e. The standard InChI is InChI=1S/C12H11N5O/c1-8-10-11(15-7-16-12(10)18-17-8)14-6-9-4-2-3-5-13-9/h2-5,7H,6H2,1H3,(H,14,15,16). The predicted molar refractivity (Wildman–Crippen MR) is 65.9 cm³/mol. The van der Waals surface area contributed by atoms with Crippen molar-refractivity contribution in [1.29, 1.82) is 0 Å². The molecular weight excluding hydrogens is 230 g/mol. The molecular formula is C12H11N5O. The fourth-order valence-corrected chi connectivity index (χ4v) is 1.73. The molecule has 0 aliphatic heterocycles. The molecule has 0 amide bonds. The van der Waals surface area contributed by atoms with Crippen molar-refractivity contribution in [3.63, 3.8) is 0 Å². The highest BCUT2D eigenvalue weighted by Gasteiger charge is 2.11. The van der Waals surface area contributed by atoms with Gasteiger partial charge in [-0.05, 0) is 19.1 Å². The van der Waals surface area contributed by atoms with Gasteiger partial charge in [0.2, 0.25) is 0 Å². The van der Waals surface area contributed by atoms with Crippen molar-refractivity contribution in [1.82, 2.24) is 20.1 Å². The summed E-state index contributed by atoms with van der Waals surface area (Å²) in [5.74, 6) is 0.712. The smallest absolute Gasteiger partial charge is 0.263 e. The van der Waals surface area contributed by atoms with E-state index in [1.165, 1.54) is 6.33 Å². The number of fused-ring (bicyclic) bond motifs is 1. The van der Waals surface area contributed by atoms with Gasteiger partial charge in [-0.1, -0.05) is 11.2 Å². The van der Waals surface area contributed by atoms with E-state index in [0.717, 1.165) is 16.8 Å². The average Bonchev–Trinajstić information content (AvgIpc) is 2.80. The molecule has 0 aromatic carbocycles. The van der Waals surface area contributed by atoms with Gasteiger partial charge in [-0.3, -0.25) is 4.98 Å². The number of nitrogens with zero attached hydrogens (tertiary/aromatic N) is 4. The molecule has 0 atom stereocenters. The maximum atomic E-state index is 5.08. The summed E-state index contributed by atoms with van der Waals surface area (Å²) in [6.45, 7) is 2.46. The van der Waals surface area contributed by atoms with Gasteiger partial charge in [-0.2, -0.15) is 4.98 Å². The third kappa shape index (κ3) is 1.88. The van der Waals surface area contributed by atoms with Crippen LogP contribution >= 0.6 is 0 Å². The Kier molecular flexibility index (Phi) is 2.60. The van der Waals surface area contributed by atoms with Crippen LogP contribution in [0.4, 0.5) is 5.82 Å². The second-order valence-corrected chi connectivity index (χ2v) is 3.85. The molecule has 0 saturated heterocycles. The monoisotopic (exact) mass is 241 g/mol. The molecule has 3 heterocycles. The zero-order valence-corrected chi connectivity index (χ0v) is 9.79. The highest BCUT2D eigenvalue weighted by molar-refractivity contribution is 5.87. The molecule has 0 radical (unpaired) electrons. The van der Waals surface area contributed by atoms with Crippen LogP contribution in [-0.2, 0) is 6.54 Å². The van der Waals surface area contributed by atoms with E-state index in [-0.39, 0.29) is 0 Å². The van der Waals surface area contributed by atoms with Crippen LogP contribution in [0.1, 0.15) is 11.4 Å². The summed E-state index contributed by atoms with van der Waals surface area (Å²) in [7, 11) is 0. The maximum absolute atomic E-state index is 5.08. The average molecular weight is 241 g/mol. The number of hydrogen-bond acceptors (Lipinski definition) is 6. The van der Waals surface area contributed by atoms with Crippen molar-refractivity contribution in [2.24, 2.45) is 0 Å². The van der Waals surface area contributed by atoms with Gasteiger partial charge >= 0.3 is 0 Å². The minimum atomic E-state index is 0.492. The highest BCUT2D eigenvalue weighted by atomic mass is 16.5. The Labute approximate surface area is 103 Å². The Morgan fingerprint density at radius 3 is 3.00 bits per heavy atom. The van der Waals surface area contributed by atoms with Crippen LogP contribution in [0.3, 0.4) is 0 Å². The van der Waals surface area contributed by atoms with Crippen LogP contribution in [0.15, 0.2) is 35.2 Å². The minimum Gasteiger partial charge on any atom is -0.364 e. The number of rotatable bonds is 3. The number of anilines is 1. The lowest BCUT2D eigenvalue weighted by atomic mass is 10.3. The van der Waals surface area contributed by atoms with Crippen molar-refractivity contribution in [3.05, 3.63) is 42.1 Å². The molecule has 0 fully saturated rings. The van der Waals surface area contributed by atoms with E-state index in [9.17, 15) is 0 Å². The SMILES string of the molecule is Cc1noc2ncnc(NCc3ccccn3)c12. The van der Waals surface area contributed by atoms with E-state index in [2.05, 4.69) is 25.4 Å². The topological polar surface area (TPSA) is 76.7 Å². The Morgan fingerprint density at radius 2 is 2.17 bits per heavy atom. The summed E-state index contributed by atoms with van der Waals surface area (Å²) in [6, 6.07) is 5.78. The molecule has 3 aromatic rings. The summed E-state index contributed by atoms with van der Waals surface area (Å²) in [5.41, 5.74) is 2.21. The first-order valence-electron chi connectivity index (χ1n) is 5.55. The molecule has 1 N–H and O–H groups in total. The predicted octanol–water partition coefficient (Wildman–Crippen LogP) is 1.93. The van der Waals surface area contributed by atoms with Gasteiger partial charge in [0.1, 0.15) is 17.5 Å². The zero-order valence-electron chi connectivity index (χ0n) is 9.79. The normalized spacial score (nSPS) is 10.7. The fraction of sp³-hybridized carbons (Fsp3) is 0.167. The van der Waals surface area contributed by atoms with Crippen LogP contribution in [-0.4, -0.2) is 20.1 Å². The van der Waals surface area contributed by atoms with Crippen LogP contribution in [0.5, 0.6) is 0 Å². The van der Waals surface area contributed by atoms with Crippen LogP contribution in [0.2, 0.25) is 0 Å². The van der Waals surface area contributed by atoms with Crippen molar-refractivity contribution < 1.29 is 4.52 Å². The van der Waals surface area contributed by atoms with Gasteiger partial charge in [0.05, 0.1) is 17.9 Å². The summed E-state index contributed by atoms with van der Waals surface area (Å²) in [6.07, 6.45) is 3.21. The van der Waals surface area contributed by atoms with Gasteiger partial charge < -0.3 is 9.84 Å². The number of hydrogen-bond donors (Lipinski definition) is 1. The highest BCUT2D eigenvalue weighted by Crippen LogP contribution is 2.22. The van der Waals surface area contributed by atoms with E-state index in [1.807, 2.05) is 25.1 Å². The fourth-order valence-electron chi connectivity index (χ4n) is 1.73. The molecule has 3 aromatic heterocycles. The van der Waals surface area contributed by atoms with E-state index in [0.29, 0.717) is 18.1 Å². The van der Waals surface area contributed by atoms with Gasteiger partial charge in [-0.15, -0.1) is 0 Å². The Balaban J connectivity index is 1.89. The van der Waals surface area contributed by atoms with Crippen molar-refractivity contribution in [3.8, 4) is 0 Å². The van der Waals surface area contributed by atoms with E-state index < -0.39 is 0 Å². The van der Waals surface area contributed by atoms with Crippen molar-refractivity contribution >= 4 is 16.9 Å². The lowest BCUT2D eigenvalue weighted by molar-refractivity contribution is 0.442. The quantitative estimate of drug-likeness (QED) is 0.755. The molecule has 3 rings (SSSR count). The maximum Gasteiger partial charge on any atom is 0.263 e. The first kappa shape index (κ1) is 10.6. The molecule has 90 valence electrons. The molecule has 18 heavy (non-hydrogen) atoms. The number of nitrogens with one attached hydrogen (secondary N) is 1. The Bertz CT molecular complexity index is 665. The number of aryl methyl sites for hydroxylation is 1. The first-order valence-corrected chi connectivity index (χ1v) is 5.55. The molecule has 0 aliphatic rings. The van der Waals surface area contributed by atoms with Gasteiger partial charge in [0.15, 0.2) is 0 Å². The van der Waals surface area contributed by atoms with Crippen LogP contribution in [0.25, 0.3) is 11.1 Å². The molecule has 0 saturated carbocycles. The van der Waals surface area contributed by atoms with Gasteiger partial charge in [-0.25, -0.2) is 4.98 Å². The second kappa shape index (κ2) is 4.40. The summed E-state index contributed by atoms with van der Waals surface area (Å²) >= 11 is 0. The third-order valence-corrected chi connectivity index (χ3v) is 2.61. The van der Waals surface area contributed by atoms with E-state index >= 15 is 0 Å². The van der Waals surface area contributed by atoms with Crippen LogP contribution in [0, 0.1) is 6.92 Å². The zero-order chi connectivity index (χ0) is 12.4. The van der Waals surface area contributed by atoms with Crippen LogP contribution < -0.4 is 5.32 Å². The van der Waals surface area contributed by atoms with Crippen molar-refractivity contribution in [2.75, 3.05) is 5.32 Å². The van der Waals surface area contributed by atoms with E-state index in [1.54, 1.807) is 6.20 Å². The Hall–Kier alpha value is -2.50. The lowest BCUT2D eigenvalue weighted by Gasteiger charge is -2.05. The molecule has 0 spiro atoms. The minimum absolute atomic E-state index is 0.492. The summed E-state index contributed by atoms with van der Waals surface area (Å²) in [5, 5.41) is 7.91. The molecule has 0 aliphatic carbocycles. The lowest BCUT2D eigenvalue weighted by Crippen LogP contribution is -2.03. The van der Waals surface area contributed by atoms with Gasteiger partial charge in [0.25, 0.3) is 5.71 Å². The Morgan fingerprint density at radius 1 is 1.22 bits per heavy atom. The second-order valence-electron chi connectivity index (χ2n) is 3.85. The van der Waals surface area contributed by atoms with Crippen molar-refractivity contribution in [2.45, 2.75) is 13.5 Å². The molecule has 0 bridgehead atoms. The number of pyridine rings is 1. The number of aromatic nitrogens is 4. The molecule has 6 heteroatoms. The van der Waals surface area contributed by atoms with E-state index in [4.69, 9.17) is 4.52 Å².